The summed E-state index contributed by atoms with van der Waals surface area (Å²) in [5, 5.41) is 14.2. The van der Waals surface area contributed by atoms with E-state index in [9.17, 15) is 9.18 Å². The predicted octanol–water partition coefficient (Wildman–Crippen LogP) is 5.75. The molecule has 0 saturated carbocycles. The van der Waals surface area contributed by atoms with Gasteiger partial charge in [-0.2, -0.15) is 0 Å². The lowest BCUT2D eigenvalue weighted by Gasteiger charge is -2.16. The second kappa shape index (κ2) is 8.97. The molecule has 0 radical (unpaired) electrons. The van der Waals surface area contributed by atoms with Gasteiger partial charge >= 0.3 is 6.03 Å². The Balaban J connectivity index is 1.60. The monoisotopic (exact) mass is 436 g/mol. The standard InChI is InChI=1S/C23H18ClFN4O2/c1-14-7-12-18(13-19(14)25)26-23(30)27-20(15-8-10-17(24)11-9-15)22-29-28-21(31-22)16-5-3-2-4-6-16/h2-13,20H,1H3,(H2,26,27,30)/t20-/m1/s1. The molecule has 31 heavy (non-hydrogen) atoms. The van der Waals surface area contributed by atoms with Gasteiger partial charge in [-0.3, -0.25) is 0 Å². The summed E-state index contributed by atoms with van der Waals surface area (Å²) in [5.41, 5.74) is 2.27. The summed E-state index contributed by atoms with van der Waals surface area (Å²) < 4.78 is 19.7. The number of benzene rings is 3. The first-order valence-corrected chi connectivity index (χ1v) is 9.85. The lowest BCUT2D eigenvalue weighted by molar-refractivity contribution is 0.248. The fourth-order valence-corrected chi connectivity index (χ4v) is 3.09. The molecule has 0 aliphatic carbocycles. The second-order valence-corrected chi connectivity index (χ2v) is 7.29. The smallest absolute Gasteiger partial charge is 0.320 e. The van der Waals surface area contributed by atoms with Crippen LogP contribution in [-0.2, 0) is 0 Å². The van der Waals surface area contributed by atoms with Gasteiger partial charge in [-0.1, -0.05) is 48.0 Å². The zero-order valence-corrected chi connectivity index (χ0v) is 17.2. The number of amides is 2. The third kappa shape index (κ3) is 4.90. The fraction of sp³-hybridized carbons (Fsp3) is 0.0870. The molecule has 4 aromatic rings. The summed E-state index contributed by atoms with van der Waals surface area (Å²) in [5.74, 6) is 0.125. The van der Waals surface area contributed by atoms with E-state index in [0.717, 1.165) is 5.56 Å². The lowest BCUT2D eigenvalue weighted by Crippen LogP contribution is -2.33. The van der Waals surface area contributed by atoms with E-state index in [1.807, 2.05) is 30.3 Å². The van der Waals surface area contributed by atoms with Gasteiger partial charge in [0, 0.05) is 16.3 Å². The number of nitrogens with zero attached hydrogens (tertiary/aromatic N) is 2. The van der Waals surface area contributed by atoms with Gasteiger partial charge in [0.25, 0.3) is 0 Å². The van der Waals surface area contributed by atoms with Gasteiger partial charge in [-0.25, -0.2) is 9.18 Å². The van der Waals surface area contributed by atoms with Crippen molar-refractivity contribution in [2.75, 3.05) is 5.32 Å². The SMILES string of the molecule is Cc1ccc(NC(=O)N[C@H](c2ccc(Cl)cc2)c2nnc(-c3ccccc3)o2)cc1F. The summed E-state index contributed by atoms with van der Waals surface area (Å²) in [6, 6.07) is 19.4. The van der Waals surface area contributed by atoms with Gasteiger partial charge in [0.15, 0.2) is 0 Å². The van der Waals surface area contributed by atoms with Crippen molar-refractivity contribution in [2.24, 2.45) is 0 Å². The van der Waals surface area contributed by atoms with E-state index in [2.05, 4.69) is 20.8 Å². The molecule has 1 heterocycles. The van der Waals surface area contributed by atoms with Crippen molar-refractivity contribution in [3.8, 4) is 11.5 Å². The van der Waals surface area contributed by atoms with Crippen molar-refractivity contribution < 1.29 is 13.6 Å². The molecular weight excluding hydrogens is 419 g/mol. The first-order valence-electron chi connectivity index (χ1n) is 9.47. The van der Waals surface area contributed by atoms with E-state index < -0.39 is 17.9 Å². The molecule has 0 aliphatic rings. The normalized spacial score (nSPS) is 11.7. The van der Waals surface area contributed by atoms with E-state index in [-0.39, 0.29) is 5.89 Å². The van der Waals surface area contributed by atoms with E-state index in [1.54, 1.807) is 43.3 Å². The number of carbonyl (C=O) groups is 1. The van der Waals surface area contributed by atoms with Crippen LogP contribution in [0.15, 0.2) is 77.2 Å². The Bertz CT molecular complexity index is 1200. The molecule has 0 saturated heterocycles. The van der Waals surface area contributed by atoms with Gasteiger partial charge in [0.2, 0.25) is 11.8 Å². The quantitative estimate of drug-likeness (QED) is 0.417. The molecule has 1 atom stereocenters. The Kier molecular flexibility index (Phi) is 5.95. The Morgan fingerprint density at radius 1 is 1.03 bits per heavy atom. The Morgan fingerprint density at radius 3 is 2.48 bits per heavy atom. The number of rotatable bonds is 5. The molecule has 2 N–H and O–H groups in total. The number of aromatic nitrogens is 2. The minimum atomic E-state index is -0.738. The Hall–Kier alpha value is -3.71. The van der Waals surface area contributed by atoms with Crippen LogP contribution in [0, 0.1) is 12.7 Å². The fourth-order valence-electron chi connectivity index (χ4n) is 2.96. The van der Waals surface area contributed by atoms with E-state index >= 15 is 0 Å². The van der Waals surface area contributed by atoms with Gasteiger partial charge in [0.05, 0.1) is 0 Å². The van der Waals surface area contributed by atoms with Crippen molar-refractivity contribution in [3.63, 3.8) is 0 Å². The maximum Gasteiger partial charge on any atom is 0.320 e. The maximum atomic E-state index is 13.8. The summed E-state index contributed by atoms with van der Waals surface area (Å²) >= 11 is 6.00. The topological polar surface area (TPSA) is 80.0 Å². The highest BCUT2D eigenvalue weighted by Crippen LogP contribution is 2.26. The van der Waals surface area contributed by atoms with Gasteiger partial charge in [-0.05, 0) is 54.4 Å². The van der Waals surface area contributed by atoms with Crippen molar-refractivity contribution >= 4 is 23.3 Å². The minimum Gasteiger partial charge on any atom is -0.418 e. The highest BCUT2D eigenvalue weighted by Gasteiger charge is 2.24. The van der Waals surface area contributed by atoms with Crippen molar-refractivity contribution in [2.45, 2.75) is 13.0 Å². The average molecular weight is 437 g/mol. The van der Waals surface area contributed by atoms with Crippen LogP contribution in [0.4, 0.5) is 14.9 Å². The molecule has 0 spiro atoms. The number of anilines is 1. The number of hydrogen-bond donors (Lipinski definition) is 2. The van der Waals surface area contributed by atoms with Crippen LogP contribution in [0.2, 0.25) is 5.02 Å². The number of nitrogens with one attached hydrogen (secondary N) is 2. The molecule has 3 aromatic carbocycles. The van der Waals surface area contributed by atoms with Crippen molar-refractivity contribution in [1.29, 1.82) is 0 Å². The minimum absolute atomic E-state index is 0.200. The van der Waals surface area contributed by atoms with Gasteiger partial charge in [-0.15, -0.1) is 10.2 Å². The van der Waals surface area contributed by atoms with E-state index in [1.165, 1.54) is 6.07 Å². The molecular formula is C23H18ClFN4O2. The van der Waals surface area contributed by atoms with Crippen LogP contribution in [0.1, 0.15) is 23.1 Å². The summed E-state index contributed by atoms with van der Waals surface area (Å²) in [4.78, 5) is 12.6. The molecule has 4 rings (SSSR count). The Morgan fingerprint density at radius 2 is 1.77 bits per heavy atom. The molecule has 0 bridgehead atoms. The maximum absolute atomic E-state index is 13.8. The molecule has 0 fully saturated rings. The zero-order chi connectivity index (χ0) is 21.8. The zero-order valence-electron chi connectivity index (χ0n) is 16.5. The predicted molar refractivity (Wildman–Crippen MR) is 116 cm³/mol. The molecule has 6 nitrogen and oxygen atoms in total. The number of urea groups is 1. The molecule has 8 heteroatoms. The van der Waals surface area contributed by atoms with Crippen LogP contribution < -0.4 is 10.6 Å². The highest BCUT2D eigenvalue weighted by atomic mass is 35.5. The van der Waals surface area contributed by atoms with Crippen LogP contribution in [0.5, 0.6) is 0 Å². The van der Waals surface area contributed by atoms with Crippen LogP contribution in [-0.4, -0.2) is 16.2 Å². The second-order valence-electron chi connectivity index (χ2n) is 6.86. The first-order chi connectivity index (χ1) is 15.0. The summed E-state index contributed by atoms with van der Waals surface area (Å²) in [6.07, 6.45) is 0. The molecule has 0 unspecified atom stereocenters. The largest absolute Gasteiger partial charge is 0.418 e. The molecule has 0 aliphatic heterocycles. The number of hydrogen-bond acceptors (Lipinski definition) is 4. The van der Waals surface area contributed by atoms with Crippen LogP contribution in [0.3, 0.4) is 0 Å². The summed E-state index contributed by atoms with van der Waals surface area (Å²) in [6.45, 7) is 1.65. The number of halogens is 2. The third-order valence-electron chi connectivity index (χ3n) is 4.62. The first kappa shape index (κ1) is 20.6. The average Bonchev–Trinajstić information content (AvgIpc) is 3.26. The van der Waals surface area contributed by atoms with Crippen molar-refractivity contribution in [1.82, 2.24) is 15.5 Å². The van der Waals surface area contributed by atoms with Crippen molar-refractivity contribution in [3.05, 3.63) is 101 Å². The van der Waals surface area contributed by atoms with E-state index in [0.29, 0.717) is 27.7 Å². The molecule has 156 valence electrons. The van der Waals surface area contributed by atoms with E-state index in [4.69, 9.17) is 16.0 Å². The molecule has 1 aromatic heterocycles. The highest BCUT2D eigenvalue weighted by molar-refractivity contribution is 6.30. The van der Waals surface area contributed by atoms with Gasteiger partial charge < -0.3 is 15.1 Å². The van der Waals surface area contributed by atoms with Crippen LogP contribution in [0.25, 0.3) is 11.5 Å². The lowest BCUT2D eigenvalue weighted by atomic mass is 10.1. The third-order valence-corrected chi connectivity index (χ3v) is 4.87. The summed E-state index contributed by atoms with van der Waals surface area (Å²) in [7, 11) is 0. The van der Waals surface area contributed by atoms with Gasteiger partial charge in [0.1, 0.15) is 11.9 Å². The molecule has 2 amide bonds. The number of carbonyl (C=O) groups excluding carboxylic acids is 1. The Labute approximate surface area is 183 Å². The number of aryl methyl sites for hydroxylation is 1. The van der Waals surface area contributed by atoms with Crippen LogP contribution >= 0.6 is 11.6 Å².